The van der Waals surface area contributed by atoms with Crippen LogP contribution in [-0.2, 0) is 20.6 Å². The molecular weight excluding hydrogens is 297 g/mol. The standard InChI is InChI=1S/C14H18FNO4S/c1-10-8-12(14(17)18)6-7-16(10)21(19,20)9-11-2-4-13(15)5-3-11/h2-5,10,12H,6-9H2,1H3,(H,17,18). The molecule has 1 heterocycles. The first kappa shape index (κ1) is 15.9. The normalized spacial score (nSPS) is 23.9. The van der Waals surface area contributed by atoms with E-state index in [1.165, 1.54) is 28.6 Å². The van der Waals surface area contributed by atoms with Crippen molar-refractivity contribution in [3.63, 3.8) is 0 Å². The molecule has 0 saturated carbocycles. The molecule has 1 aromatic rings. The summed E-state index contributed by atoms with van der Waals surface area (Å²) in [6.07, 6.45) is 0.639. The Morgan fingerprint density at radius 1 is 1.38 bits per heavy atom. The van der Waals surface area contributed by atoms with Crippen molar-refractivity contribution < 1.29 is 22.7 Å². The monoisotopic (exact) mass is 315 g/mol. The lowest BCUT2D eigenvalue weighted by molar-refractivity contribution is -0.143. The van der Waals surface area contributed by atoms with Crippen LogP contribution in [0.2, 0.25) is 0 Å². The van der Waals surface area contributed by atoms with Gasteiger partial charge in [0.2, 0.25) is 10.0 Å². The van der Waals surface area contributed by atoms with Gasteiger partial charge < -0.3 is 5.11 Å². The lowest BCUT2D eigenvalue weighted by atomic mass is 9.93. The van der Waals surface area contributed by atoms with E-state index in [0.29, 0.717) is 18.4 Å². The van der Waals surface area contributed by atoms with Crippen molar-refractivity contribution in [2.45, 2.75) is 31.6 Å². The van der Waals surface area contributed by atoms with Crippen molar-refractivity contribution in [3.05, 3.63) is 35.6 Å². The number of halogens is 1. The molecule has 0 aromatic heterocycles. The summed E-state index contributed by atoms with van der Waals surface area (Å²) in [6, 6.07) is 5.00. The van der Waals surface area contributed by atoms with Gasteiger partial charge in [-0.25, -0.2) is 12.8 Å². The molecule has 1 fully saturated rings. The van der Waals surface area contributed by atoms with Crippen molar-refractivity contribution in [2.75, 3.05) is 6.54 Å². The first-order valence-electron chi connectivity index (χ1n) is 6.76. The molecule has 1 N–H and O–H groups in total. The van der Waals surface area contributed by atoms with E-state index < -0.39 is 27.7 Å². The number of nitrogens with zero attached hydrogens (tertiary/aromatic N) is 1. The molecule has 2 unspecified atom stereocenters. The number of hydrogen-bond acceptors (Lipinski definition) is 3. The molecule has 1 saturated heterocycles. The topological polar surface area (TPSA) is 74.7 Å². The third-order valence-electron chi connectivity index (χ3n) is 3.78. The largest absolute Gasteiger partial charge is 0.481 e. The zero-order chi connectivity index (χ0) is 15.6. The second-order valence-corrected chi connectivity index (χ2v) is 7.32. The predicted molar refractivity (Wildman–Crippen MR) is 75.6 cm³/mol. The molecular formula is C14H18FNO4S. The summed E-state index contributed by atoms with van der Waals surface area (Å²) in [4.78, 5) is 11.0. The van der Waals surface area contributed by atoms with E-state index in [-0.39, 0.29) is 18.3 Å². The van der Waals surface area contributed by atoms with Gasteiger partial charge in [0, 0.05) is 12.6 Å². The summed E-state index contributed by atoms with van der Waals surface area (Å²) in [5, 5.41) is 9.00. The average Bonchev–Trinajstić information content (AvgIpc) is 2.40. The first-order chi connectivity index (χ1) is 9.79. The van der Waals surface area contributed by atoms with Crippen LogP contribution in [0.5, 0.6) is 0 Å². The Morgan fingerprint density at radius 3 is 2.52 bits per heavy atom. The van der Waals surface area contributed by atoms with E-state index in [4.69, 9.17) is 5.11 Å². The molecule has 0 bridgehead atoms. The Morgan fingerprint density at radius 2 is 2.00 bits per heavy atom. The van der Waals surface area contributed by atoms with E-state index in [1.807, 2.05) is 0 Å². The summed E-state index contributed by atoms with van der Waals surface area (Å²) in [5.74, 6) is -1.98. The van der Waals surface area contributed by atoms with Gasteiger partial charge in [0.1, 0.15) is 5.82 Å². The number of piperidine rings is 1. The number of carbonyl (C=O) groups is 1. The third kappa shape index (κ3) is 3.79. The SMILES string of the molecule is CC1CC(C(=O)O)CCN1S(=O)(=O)Cc1ccc(F)cc1. The van der Waals surface area contributed by atoms with Crippen molar-refractivity contribution >= 4 is 16.0 Å². The van der Waals surface area contributed by atoms with Crippen molar-refractivity contribution in [1.82, 2.24) is 4.31 Å². The molecule has 21 heavy (non-hydrogen) atoms. The van der Waals surface area contributed by atoms with Crippen molar-refractivity contribution in [2.24, 2.45) is 5.92 Å². The molecule has 0 radical (unpaired) electrons. The number of hydrogen-bond donors (Lipinski definition) is 1. The highest BCUT2D eigenvalue weighted by atomic mass is 32.2. The Kier molecular flexibility index (Phi) is 4.63. The Hall–Kier alpha value is -1.47. The summed E-state index contributed by atoms with van der Waals surface area (Å²) in [6.45, 7) is 1.93. The maximum absolute atomic E-state index is 12.8. The van der Waals surface area contributed by atoms with Gasteiger partial charge in [-0.2, -0.15) is 4.31 Å². The molecule has 1 aliphatic rings. The van der Waals surface area contributed by atoms with Crippen LogP contribution in [0.1, 0.15) is 25.3 Å². The summed E-state index contributed by atoms with van der Waals surface area (Å²) in [5.41, 5.74) is 0.518. The number of benzene rings is 1. The molecule has 116 valence electrons. The van der Waals surface area contributed by atoms with Gasteiger partial charge in [0.05, 0.1) is 11.7 Å². The minimum Gasteiger partial charge on any atom is -0.481 e. The molecule has 1 aliphatic heterocycles. The Labute approximate surface area is 123 Å². The van der Waals surface area contributed by atoms with Crippen LogP contribution in [-0.4, -0.2) is 36.4 Å². The zero-order valence-electron chi connectivity index (χ0n) is 11.7. The van der Waals surface area contributed by atoms with Crippen molar-refractivity contribution in [1.29, 1.82) is 0 Å². The smallest absolute Gasteiger partial charge is 0.306 e. The summed E-state index contributed by atoms with van der Waals surface area (Å²) >= 11 is 0. The van der Waals surface area contributed by atoms with Gasteiger partial charge in [-0.1, -0.05) is 12.1 Å². The van der Waals surface area contributed by atoms with Crippen LogP contribution in [0.15, 0.2) is 24.3 Å². The van der Waals surface area contributed by atoms with Gasteiger partial charge in [0.25, 0.3) is 0 Å². The number of rotatable bonds is 4. The zero-order valence-corrected chi connectivity index (χ0v) is 12.5. The number of carboxylic acid groups (broad SMARTS) is 1. The van der Waals surface area contributed by atoms with E-state index in [1.54, 1.807) is 6.92 Å². The second kappa shape index (κ2) is 6.11. The van der Waals surface area contributed by atoms with Gasteiger partial charge in [0.15, 0.2) is 0 Å². The molecule has 0 aliphatic carbocycles. The number of carboxylic acids is 1. The average molecular weight is 315 g/mol. The Bertz CT molecular complexity index is 614. The van der Waals surface area contributed by atoms with E-state index in [9.17, 15) is 17.6 Å². The predicted octanol–water partition coefficient (Wildman–Crippen LogP) is 1.84. The van der Waals surface area contributed by atoms with E-state index in [0.717, 1.165) is 0 Å². The van der Waals surface area contributed by atoms with Gasteiger partial charge in [-0.15, -0.1) is 0 Å². The molecule has 7 heteroatoms. The minimum atomic E-state index is -3.53. The second-order valence-electron chi connectivity index (χ2n) is 5.40. The van der Waals surface area contributed by atoms with Crippen LogP contribution in [0, 0.1) is 11.7 Å². The highest BCUT2D eigenvalue weighted by Gasteiger charge is 2.35. The molecule has 2 atom stereocenters. The highest BCUT2D eigenvalue weighted by molar-refractivity contribution is 7.88. The fourth-order valence-electron chi connectivity index (χ4n) is 2.66. The molecule has 2 rings (SSSR count). The summed E-state index contributed by atoms with van der Waals surface area (Å²) in [7, 11) is -3.53. The molecule has 0 spiro atoms. The van der Waals surface area contributed by atoms with Crippen molar-refractivity contribution in [3.8, 4) is 0 Å². The summed E-state index contributed by atoms with van der Waals surface area (Å²) < 4.78 is 39.0. The lowest BCUT2D eigenvalue weighted by Gasteiger charge is -2.35. The number of sulfonamides is 1. The minimum absolute atomic E-state index is 0.199. The molecule has 0 amide bonds. The van der Waals surface area contributed by atoms with Crippen LogP contribution in [0.4, 0.5) is 4.39 Å². The van der Waals surface area contributed by atoms with Crippen LogP contribution < -0.4 is 0 Å². The lowest BCUT2D eigenvalue weighted by Crippen LogP contribution is -2.46. The third-order valence-corrected chi connectivity index (χ3v) is 5.74. The first-order valence-corrected chi connectivity index (χ1v) is 8.37. The van der Waals surface area contributed by atoms with E-state index >= 15 is 0 Å². The maximum Gasteiger partial charge on any atom is 0.306 e. The van der Waals surface area contributed by atoms with Gasteiger partial charge in [-0.05, 0) is 37.5 Å². The highest BCUT2D eigenvalue weighted by Crippen LogP contribution is 2.26. The van der Waals surface area contributed by atoms with Crippen LogP contribution in [0.3, 0.4) is 0 Å². The fourth-order valence-corrected chi connectivity index (χ4v) is 4.46. The number of aliphatic carboxylic acids is 1. The van der Waals surface area contributed by atoms with Crippen LogP contribution in [0.25, 0.3) is 0 Å². The van der Waals surface area contributed by atoms with E-state index in [2.05, 4.69) is 0 Å². The van der Waals surface area contributed by atoms with Gasteiger partial charge >= 0.3 is 5.97 Å². The molecule has 1 aromatic carbocycles. The Balaban J connectivity index is 2.09. The fraction of sp³-hybridized carbons (Fsp3) is 0.500. The molecule has 5 nitrogen and oxygen atoms in total. The quantitative estimate of drug-likeness (QED) is 0.920. The van der Waals surface area contributed by atoms with Crippen LogP contribution >= 0.6 is 0 Å². The van der Waals surface area contributed by atoms with Gasteiger partial charge in [-0.3, -0.25) is 4.79 Å². The maximum atomic E-state index is 12.8.